The number of ether oxygens (including phenoxy) is 1. The molecule has 0 saturated carbocycles. The minimum atomic E-state index is 0.414. The fourth-order valence-electron chi connectivity index (χ4n) is 1.96. The molecule has 2 N–H and O–H groups in total. The molecule has 0 amide bonds. The highest BCUT2D eigenvalue weighted by atomic mass is 32.1. The van der Waals surface area contributed by atoms with Crippen LogP contribution in [0.25, 0.3) is 0 Å². The van der Waals surface area contributed by atoms with E-state index in [0.717, 1.165) is 18.1 Å². The van der Waals surface area contributed by atoms with Crippen LogP contribution < -0.4 is 10.6 Å². The molecule has 1 aromatic heterocycles. The van der Waals surface area contributed by atoms with E-state index in [-0.39, 0.29) is 0 Å². The Balaban J connectivity index is 3.00. The minimum absolute atomic E-state index is 0.414. The SMILES string of the molecule is CCC(C)c1nc(N(CCOC)C(C)C)sc1CN. The van der Waals surface area contributed by atoms with Crippen molar-refractivity contribution in [2.75, 3.05) is 25.2 Å². The lowest BCUT2D eigenvalue weighted by Gasteiger charge is -2.25. The predicted molar refractivity (Wildman–Crippen MR) is 83.1 cm³/mol. The van der Waals surface area contributed by atoms with Gasteiger partial charge in [-0.05, 0) is 26.2 Å². The molecule has 0 fully saturated rings. The summed E-state index contributed by atoms with van der Waals surface area (Å²) in [6.07, 6.45) is 1.09. The Labute approximate surface area is 121 Å². The van der Waals surface area contributed by atoms with Gasteiger partial charge < -0.3 is 15.4 Å². The molecule has 0 bridgehead atoms. The summed E-state index contributed by atoms with van der Waals surface area (Å²) in [6, 6.07) is 0.414. The number of hydrogen-bond donors (Lipinski definition) is 1. The van der Waals surface area contributed by atoms with Crippen molar-refractivity contribution in [3.8, 4) is 0 Å². The maximum atomic E-state index is 5.86. The summed E-state index contributed by atoms with van der Waals surface area (Å²) in [7, 11) is 1.73. The molecular weight excluding hydrogens is 258 g/mol. The van der Waals surface area contributed by atoms with E-state index >= 15 is 0 Å². The number of rotatable bonds is 8. The normalized spacial score (nSPS) is 13.0. The van der Waals surface area contributed by atoms with E-state index in [2.05, 4.69) is 32.6 Å². The van der Waals surface area contributed by atoms with Crippen LogP contribution >= 0.6 is 11.3 Å². The van der Waals surface area contributed by atoms with Gasteiger partial charge in [0.2, 0.25) is 0 Å². The van der Waals surface area contributed by atoms with E-state index in [0.29, 0.717) is 25.1 Å². The number of nitrogens with zero attached hydrogens (tertiary/aromatic N) is 2. The average molecular weight is 285 g/mol. The number of thiazole rings is 1. The second-order valence-corrected chi connectivity index (χ2v) is 6.16. The van der Waals surface area contributed by atoms with Crippen molar-refractivity contribution in [1.29, 1.82) is 0 Å². The molecule has 1 atom stereocenters. The number of anilines is 1. The minimum Gasteiger partial charge on any atom is -0.383 e. The van der Waals surface area contributed by atoms with E-state index < -0.39 is 0 Å². The maximum absolute atomic E-state index is 5.86. The van der Waals surface area contributed by atoms with Crippen LogP contribution in [0.5, 0.6) is 0 Å². The van der Waals surface area contributed by atoms with Crippen LogP contribution in [0.3, 0.4) is 0 Å². The van der Waals surface area contributed by atoms with Crippen molar-refractivity contribution in [3.05, 3.63) is 10.6 Å². The van der Waals surface area contributed by atoms with E-state index in [1.807, 2.05) is 0 Å². The van der Waals surface area contributed by atoms with Gasteiger partial charge >= 0.3 is 0 Å². The van der Waals surface area contributed by atoms with E-state index in [4.69, 9.17) is 15.5 Å². The standard InChI is InChI=1S/C14H27N3OS/c1-6-11(4)13-12(9-15)19-14(16-13)17(10(2)3)7-8-18-5/h10-11H,6-9,15H2,1-5H3. The molecule has 0 aliphatic heterocycles. The van der Waals surface area contributed by atoms with Crippen molar-refractivity contribution in [3.63, 3.8) is 0 Å². The second-order valence-electron chi connectivity index (χ2n) is 5.10. The third kappa shape index (κ3) is 4.16. The van der Waals surface area contributed by atoms with Crippen molar-refractivity contribution in [2.45, 2.75) is 52.6 Å². The first-order valence-corrected chi connectivity index (χ1v) is 7.81. The summed E-state index contributed by atoms with van der Waals surface area (Å²) in [5.74, 6) is 0.472. The van der Waals surface area contributed by atoms with Gasteiger partial charge in [0.15, 0.2) is 5.13 Å². The molecule has 1 rings (SSSR count). The molecule has 0 spiro atoms. The van der Waals surface area contributed by atoms with Gasteiger partial charge in [-0.15, -0.1) is 11.3 Å². The predicted octanol–water partition coefficient (Wildman–Crippen LogP) is 2.98. The summed E-state index contributed by atoms with van der Waals surface area (Å²) in [4.78, 5) is 8.34. The van der Waals surface area contributed by atoms with Crippen LogP contribution in [-0.2, 0) is 11.3 Å². The number of nitrogens with two attached hydrogens (primary N) is 1. The van der Waals surface area contributed by atoms with Crippen LogP contribution in [0.4, 0.5) is 5.13 Å². The zero-order chi connectivity index (χ0) is 14.4. The third-order valence-corrected chi connectivity index (χ3v) is 4.52. The average Bonchev–Trinajstić information content (AvgIpc) is 2.81. The van der Waals surface area contributed by atoms with E-state index in [1.54, 1.807) is 18.4 Å². The summed E-state index contributed by atoms with van der Waals surface area (Å²) >= 11 is 1.72. The molecule has 0 saturated heterocycles. The summed E-state index contributed by atoms with van der Waals surface area (Å²) in [5, 5.41) is 1.07. The van der Waals surface area contributed by atoms with Crippen molar-refractivity contribution >= 4 is 16.5 Å². The van der Waals surface area contributed by atoms with Gasteiger partial charge in [0.1, 0.15) is 0 Å². The maximum Gasteiger partial charge on any atom is 0.186 e. The van der Waals surface area contributed by atoms with Crippen LogP contribution in [0.1, 0.15) is 50.6 Å². The number of aromatic nitrogens is 1. The van der Waals surface area contributed by atoms with Crippen LogP contribution in [0.2, 0.25) is 0 Å². The molecule has 0 aliphatic carbocycles. The quantitative estimate of drug-likeness (QED) is 0.798. The van der Waals surface area contributed by atoms with Crippen molar-refractivity contribution < 1.29 is 4.74 Å². The Bertz CT molecular complexity index is 379. The Kier molecular flexibility index (Phi) is 6.75. The first kappa shape index (κ1) is 16.4. The van der Waals surface area contributed by atoms with E-state index in [9.17, 15) is 0 Å². The third-order valence-electron chi connectivity index (χ3n) is 3.39. The van der Waals surface area contributed by atoms with Crippen molar-refractivity contribution in [1.82, 2.24) is 4.98 Å². The van der Waals surface area contributed by atoms with Gasteiger partial charge in [0, 0.05) is 31.1 Å². The van der Waals surface area contributed by atoms with Crippen LogP contribution in [-0.4, -0.2) is 31.3 Å². The monoisotopic (exact) mass is 285 g/mol. The van der Waals surface area contributed by atoms with Crippen molar-refractivity contribution in [2.24, 2.45) is 5.73 Å². The highest BCUT2D eigenvalue weighted by Gasteiger charge is 2.20. The van der Waals surface area contributed by atoms with Gasteiger partial charge in [0.05, 0.1) is 12.3 Å². The molecular formula is C14H27N3OS. The summed E-state index contributed by atoms with van der Waals surface area (Å²) < 4.78 is 5.19. The summed E-state index contributed by atoms with van der Waals surface area (Å²) in [6.45, 7) is 10.9. The number of methoxy groups -OCH3 is 1. The van der Waals surface area contributed by atoms with Crippen LogP contribution in [0.15, 0.2) is 0 Å². The zero-order valence-electron chi connectivity index (χ0n) is 12.8. The lowest BCUT2D eigenvalue weighted by atomic mass is 10.0. The first-order chi connectivity index (χ1) is 9.04. The van der Waals surface area contributed by atoms with Gasteiger partial charge in [-0.25, -0.2) is 4.98 Å². The Morgan fingerprint density at radius 3 is 2.53 bits per heavy atom. The molecule has 4 nitrogen and oxygen atoms in total. The Hall–Kier alpha value is -0.650. The topological polar surface area (TPSA) is 51.4 Å². The van der Waals surface area contributed by atoms with Gasteiger partial charge in [-0.2, -0.15) is 0 Å². The lowest BCUT2D eigenvalue weighted by Crippen LogP contribution is -2.33. The zero-order valence-corrected chi connectivity index (χ0v) is 13.6. The van der Waals surface area contributed by atoms with Crippen LogP contribution in [0, 0.1) is 0 Å². The lowest BCUT2D eigenvalue weighted by molar-refractivity contribution is 0.204. The number of hydrogen-bond acceptors (Lipinski definition) is 5. The first-order valence-electron chi connectivity index (χ1n) is 7.00. The molecule has 19 heavy (non-hydrogen) atoms. The van der Waals surface area contributed by atoms with E-state index in [1.165, 1.54) is 10.6 Å². The molecule has 0 aromatic carbocycles. The second kappa shape index (κ2) is 7.82. The smallest absolute Gasteiger partial charge is 0.186 e. The fraction of sp³-hybridized carbons (Fsp3) is 0.786. The largest absolute Gasteiger partial charge is 0.383 e. The van der Waals surface area contributed by atoms with Gasteiger partial charge in [-0.1, -0.05) is 13.8 Å². The van der Waals surface area contributed by atoms with Gasteiger partial charge in [-0.3, -0.25) is 0 Å². The molecule has 0 aliphatic rings. The molecule has 1 heterocycles. The molecule has 1 unspecified atom stereocenters. The van der Waals surface area contributed by atoms with Gasteiger partial charge in [0.25, 0.3) is 0 Å². The molecule has 110 valence electrons. The Morgan fingerprint density at radius 2 is 2.05 bits per heavy atom. The highest BCUT2D eigenvalue weighted by Crippen LogP contribution is 2.32. The molecule has 5 heteroatoms. The molecule has 1 aromatic rings. The highest BCUT2D eigenvalue weighted by molar-refractivity contribution is 7.15. The Morgan fingerprint density at radius 1 is 1.37 bits per heavy atom. The summed E-state index contributed by atoms with van der Waals surface area (Å²) in [5.41, 5.74) is 7.03. The molecule has 0 radical (unpaired) electrons. The fourth-order valence-corrected chi connectivity index (χ4v) is 3.18.